The van der Waals surface area contributed by atoms with Crippen molar-refractivity contribution < 1.29 is 32.6 Å². The van der Waals surface area contributed by atoms with E-state index in [1.165, 1.54) is 13.8 Å². The molecule has 25 heavy (non-hydrogen) atoms. The number of alkyl halides is 6. The Morgan fingerprint density at radius 3 is 1.84 bits per heavy atom. The molecule has 1 unspecified atom stereocenters. The first kappa shape index (κ1) is 21.8. The van der Waals surface area contributed by atoms with Crippen LogP contribution in [0.4, 0.5) is 23.2 Å². The minimum absolute atomic E-state index is 0.162. The van der Waals surface area contributed by atoms with Crippen molar-refractivity contribution in [1.29, 1.82) is 0 Å². The van der Waals surface area contributed by atoms with Gasteiger partial charge in [0.2, 0.25) is 5.60 Å². The first-order valence-corrected chi connectivity index (χ1v) is 7.89. The van der Waals surface area contributed by atoms with Crippen LogP contribution in [-0.4, -0.2) is 33.0 Å². The van der Waals surface area contributed by atoms with Gasteiger partial charge in [-0.2, -0.15) is 17.6 Å². The Labute approximate surface area is 151 Å². The van der Waals surface area contributed by atoms with Crippen molar-refractivity contribution in [1.82, 2.24) is 0 Å². The van der Waals surface area contributed by atoms with Crippen LogP contribution in [0, 0.1) is 13.8 Å². The number of aliphatic hydroxyl groups is 1. The van der Waals surface area contributed by atoms with Crippen molar-refractivity contribution in [2.75, 3.05) is 5.32 Å². The second kappa shape index (κ2) is 7.17. The van der Waals surface area contributed by atoms with E-state index in [-0.39, 0.29) is 23.2 Å². The van der Waals surface area contributed by atoms with Crippen LogP contribution >= 0.6 is 23.2 Å². The monoisotopic (exact) mass is 405 g/mol. The average molecular weight is 406 g/mol. The molecule has 0 heterocycles. The summed E-state index contributed by atoms with van der Waals surface area (Å²) in [6.45, 7) is 4.38. The third-order valence-electron chi connectivity index (χ3n) is 3.80. The molecule has 0 saturated carbocycles. The van der Waals surface area contributed by atoms with Gasteiger partial charge in [-0.05, 0) is 60.2 Å². The van der Waals surface area contributed by atoms with E-state index >= 15 is 0 Å². The summed E-state index contributed by atoms with van der Waals surface area (Å²) in [5, 5.41) is 12.2. The van der Waals surface area contributed by atoms with Gasteiger partial charge in [-0.1, -0.05) is 19.1 Å². The lowest BCUT2D eigenvalue weighted by Gasteiger charge is -2.36. The van der Waals surface area contributed by atoms with Crippen LogP contribution in [0.2, 0.25) is 0 Å². The number of aliphatic carboxylic acids is 1. The molecule has 10 heteroatoms. The van der Waals surface area contributed by atoms with Crippen LogP contribution in [-0.2, 0) is 10.4 Å². The second-order valence-corrected chi connectivity index (χ2v) is 6.58. The van der Waals surface area contributed by atoms with Crippen LogP contribution in [0.15, 0.2) is 12.1 Å². The van der Waals surface area contributed by atoms with Gasteiger partial charge < -0.3 is 15.5 Å². The molecule has 0 aromatic heterocycles. The summed E-state index contributed by atoms with van der Waals surface area (Å²) in [4.78, 5) is 11.1. The molecule has 0 bridgehead atoms. The lowest BCUT2D eigenvalue weighted by Crippen LogP contribution is -2.52. The van der Waals surface area contributed by atoms with Crippen LogP contribution in [0.5, 0.6) is 0 Å². The van der Waals surface area contributed by atoms with Crippen molar-refractivity contribution in [3.63, 3.8) is 0 Å². The number of carbonyl (C=O) groups is 1. The molecule has 0 aliphatic heterocycles. The molecule has 0 spiro atoms. The maximum absolute atomic E-state index is 13.5. The number of carboxylic acids is 1. The Morgan fingerprint density at radius 1 is 1.16 bits per heavy atom. The van der Waals surface area contributed by atoms with Crippen LogP contribution < -0.4 is 5.32 Å². The largest absolute Gasteiger partial charge is 0.480 e. The van der Waals surface area contributed by atoms with E-state index in [0.717, 1.165) is 12.1 Å². The van der Waals surface area contributed by atoms with Crippen molar-refractivity contribution >= 4 is 34.9 Å². The number of hydrogen-bond acceptors (Lipinski definition) is 3. The highest BCUT2D eigenvalue weighted by atomic mass is 35.5. The van der Waals surface area contributed by atoms with E-state index in [1.807, 2.05) is 0 Å². The third kappa shape index (κ3) is 4.12. The number of benzene rings is 1. The number of aryl methyl sites for hydroxylation is 2. The van der Waals surface area contributed by atoms with Gasteiger partial charge in [-0.25, -0.2) is 4.79 Å². The summed E-state index contributed by atoms with van der Waals surface area (Å²) in [5.41, 5.74) is -4.47. The fraction of sp³-hybridized carbons (Fsp3) is 0.533. The van der Waals surface area contributed by atoms with Gasteiger partial charge in [0.25, 0.3) is 0 Å². The summed E-state index contributed by atoms with van der Waals surface area (Å²) in [5.74, 6) is -1.14. The third-order valence-corrected chi connectivity index (χ3v) is 4.34. The van der Waals surface area contributed by atoms with Gasteiger partial charge in [0.1, 0.15) is 6.04 Å². The number of rotatable bonds is 7. The molecule has 1 aromatic carbocycles. The zero-order chi connectivity index (χ0) is 19.8. The van der Waals surface area contributed by atoms with E-state index in [2.05, 4.69) is 5.32 Å². The molecule has 0 amide bonds. The molecular formula is C15H17Cl2F4NO3. The molecule has 1 aromatic rings. The Balaban J connectivity index is 3.50. The summed E-state index contributed by atoms with van der Waals surface area (Å²) in [6, 6.07) is 0.749. The Morgan fingerprint density at radius 2 is 1.56 bits per heavy atom. The standard InChI is InChI=1S/C15H17Cl2F4NO3/c1-4-10(12(23)24)22-11-7(2)5-9(6-8(11)3)13(25,14(16,18)19)15(17,20)21/h5-6,10,22,25H,4H2,1-3H3,(H,23,24). The molecule has 4 nitrogen and oxygen atoms in total. The number of anilines is 1. The van der Waals surface area contributed by atoms with E-state index in [1.54, 1.807) is 6.92 Å². The molecule has 1 atom stereocenters. The molecule has 0 saturated heterocycles. The lowest BCUT2D eigenvalue weighted by molar-refractivity contribution is -0.224. The highest BCUT2D eigenvalue weighted by molar-refractivity contribution is 6.26. The molecule has 142 valence electrons. The molecule has 1 rings (SSSR count). The van der Waals surface area contributed by atoms with E-state index in [0.29, 0.717) is 0 Å². The van der Waals surface area contributed by atoms with Crippen molar-refractivity contribution in [3.8, 4) is 0 Å². The first-order valence-electron chi connectivity index (χ1n) is 7.13. The normalized spacial score (nSPS) is 14.3. The Kier molecular flexibility index (Phi) is 6.25. The predicted molar refractivity (Wildman–Crippen MR) is 86.8 cm³/mol. The second-order valence-electron chi connectivity index (χ2n) is 5.63. The lowest BCUT2D eigenvalue weighted by atomic mass is 9.90. The van der Waals surface area contributed by atoms with E-state index in [4.69, 9.17) is 28.3 Å². The topological polar surface area (TPSA) is 69.6 Å². The maximum atomic E-state index is 13.5. The molecular weight excluding hydrogens is 389 g/mol. The number of carboxylic acid groups (broad SMARTS) is 1. The van der Waals surface area contributed by atoms with Gasteiger partial charge in [0.05, 0.1) is 0 Å². The smallest absolute Gasteiger partial charge is 0.361 e. The molecule has 3 N–H and O–H groups in total. The molecule has 0 aliphatic carbocycles. The van der Waals surface area contributed by atoms with Crippen LogP contribution in [0.3, 0.4) is 0 Å². The van der Waals surface area contributed by atoms with Crippen molar-refractivity contribution in [2.24, 2.45) is 0 Å². The predicted octanol–water partition coefficient (Wildman–Crippen LogP) is 4.43. The van der Waals surface area contributed by atoms with Crippen LogP contribution in [0.1, 0.15) is 30.0 Å². The summed E-state index contributed by atoms with van der Waals surface area (Å²) in [7, 11) is 0. The maximum Gasteiger partial charge on any atom is 0.361 e. The van der Waals surface area contributed by atoms with E-state index < -0.39 is 33.9 Å². The number of halogens is 6. The summed E-state index contributed by atoms with van der Waals surface area (Å²) < 4.78 is 54.2. The van der Waals surface area contributed by atoms with Crippen molar-refractivity contribution in [3.05, 3.63) is 28.8 Å². The summed E-state index contributed by atoms with van der Waals surface area (Å²) in [6.07, 6.45) is 0.222. The quantitative estimate of drug-likeness (QED) is 0.463. The highest BCUT2D eigenvalue weighted by Gasteiger charge is 2.68. The van der Waals surface area contributed by atoms with Gasteiger partial charge in [0, 0.05) is 5.69 Å². The van der Waals surface area contributed by atoms with Gasteiger partial charge in [0.15, 0.2) is 0 Å². The molecule has 0 fully saturated rings. The summed E-state index contributed by atoms with van der Waals surface area (Å²) >= 11 is 9.42. The Bertz CT molecular complexity index is 622. The molecule has 0 aliphatic rings. The number of nitrogens with one attached hydrogen (secondary N) is 1. The molecule has 0 radical (unpaired) electrons. The minimum atomic E-state index is -4.76. The van der Waals surface area contributed by atoms with E-state index in [9.17, 15) is 27.5 Å². The zero-order valence-electron chi connectivity index (χ0n) is 13.5. The fourth-order valence-corrected chi connectivity index (χ4v) is 2.90. The average Bonchev–Trinajstić information content (AvgIpc) is 2.42. The SMILES string of the molecule is CCC(Nc1c(C)cc(C(O)(C(F)(F)Cl)C(F)(F)Cl)cc1C)C(=O)O. The first-order chi connectivity index (χ1) is 11.2. The Hall–Kier alpha value is -1.25. The zero-order valence-corrected chi connectivity index (χ0v) is 15.0. The minimum Gasteiger partial charge on any atom is -0.480 e. The van der Waals surface area contributed by atoms with Gasteiger partial charge >= 0.3 is 16.7 Å². The number of hydrogen-bond donors (Lipinski definition) is 3. The van der Waals surface area contributed by atoms with Crippen molar-refractivity contribution in [2.45, 2.75) is 49.6 Å². The highest BCUT2D eigenvalue weighted by Crippen LogP contribution is 2.53. The van der Waals surface area contributed by atoms with Gasteiger partial charge in [-0.15, -0.1) is 0 Å². The van der Waals surface area contributed by atoms with Gasteiger partial charge in [-0.3, -0.25) is 0 Å². The fourth-order valence-electron chi connectivity index (χ4n) is 2.40. The van der Waals surface area contributed by atoms with Crippen LogP contribution in [0.25, 0.3) is 0 Å².